The summed E-state index contributed by atoms with van der Waals surface area (Å²) in [6.07, 6.45) is -0.692. The molecule has 3 N–H and O–H groups in total. The van der Waals surface area contributed by atoms with Gasteiger partial charge in [-0.25, -0.2) is 4.39 Å². The molecule has 0 saturated heterocycles. The minimum atomic E-state index is -0.692. The van der Waals surface area contributed by atoms with E-state index in [-0.39, 0.29) is 5.82 Å². The van der Waals surface area contributed by atoms with Crippen LogP contribution in [0.1, 0.15) is 17.2 Å². The van der Waals surface area contributed by atoms with Gasteiger partial charge < -0.3 is 10.8 Å². The Morgan fingerprint density at radius 2 is 1.09 bits per heavy atom. The van der Waals surface area contributed by atoms with Crippen molar-refractivity contribution in [1.82, 2.24) is 0 Å². The van der Waals surface area contributed by atoms with Crippen LogP contribution in [0, 0.1) is 5.82 Å². The Balaban J connectivity index is 1.84. The first kappa shape index (κ1) is 14.3. The first-order valence-electron chi connectivity index (χ1n) is 7.03. The van der Waals surface area contributed by atoms with Crippen LogP contribution in [0.15, 0.2) is 72.8 Å². The van der Waals surface area contributed by atoms with E-state index in [1.54, 1.807) is 24.3 Å². The number of benzene rings is 3. The molecule has 0 aromatic heterocycles. The van der Waals surface area contributed by atoms with Gasteiger partial charge in [0.25, 0.3) is 0 Å². The van der Waals surface area contributed by atoms with E-state index in [1.807, 2.05) is 36.4 Å². The van der Waals surface area contributed by atoms with Crippen molar-refractivity contribution in [3.8, 4) is 11.1 Å². The Morgan fingerprint density at radius 1 is 0.682 bits per heavy atom. The highest BCUT2D eigenvalue weighted by molar-refractivity contribution is 5.63. The molecule has 110 valence electrons. The molecular weight excluding hydrogens is 277 g/mol. The maximum atomic E-state index is 12.9. The largest absolute Gasteiger partial charge is 0.399 e. The van der Waals surface area contributed by atoms with Gasteiger partial charge in [-0.15, -0.1) is 0 Å². The quantitative estimate of drug-likeness (QED) is 0.712. The average Bonchev–Trinajstić information content (AvgIpc) is 2.56. The number of halogens is 1. The monoisotopic (exact) mass is 293 g/mol. The van der Waals surface area contributed by atoms with Crippen molar-refractivity contribution < 1.29 is 9.50 Å². The third-order valence-corrected chi connectivity index (χ3v) is 3.66. The number of hydrogen-bond donors (Lipinski definition) is 2. The lowest BCUT2D eigenvalue weighted by atomic mass is 9.98. The summed E-state index contributed by atoms with van der Waals surface area (Å²) in [7, 11) is 0. The fourth-order valence-electron chi connectivity index (χ4n) is 2.37. The average molecular weight is 293 g/mol. The van der Waals surface area contributed by atoms with Crippen LogP contribution in [0.5, 0.6) is 0 Å². The second kappa shape index (κ2) is 6.00. The Hall–Kier alpha value is -2.65. The molecule has 0 fully saturated rings. The van der Waals surface area contributed by atoms with Gasteiger partial charge >= 0.3 is 0 Å². The van der Waals surface area contributed by atoms with E-state index < -0.39 is 6.10 Å². The third-order valence-electron chi connectivity index (χ3n) is 3.66. The molecule has 1 atom stereocenters. The lowest BCUT2D eigenvalue weighted by Crippen LogP contribution is -1.99. The number of hydrogen-bond acceptors (Lipinski definition) is 2. The smallest absolute Gasteiger partial charge is 0.123 e. The van der Waals surface area contributed by atoms with Gasteiger partial charge in [-0.05, 0) is 46.5 Å². The van der Waals surface area contributed by atoms with Crippen molar-refractivity contribution in [1.29, 1.82) is 0 Å². The van der Waals surface area contributed by atoms with E-state index in [0.29, 0.717) is 5.69 Å². The summed E-state index contributed by atoms with van der Waals surface area (Å²) in [5.74, 6) is -0.251. The minimum absolute atomic E-state index is 0.251. The molecule has 3 rings (SSSR count). The van der Waals surface area contributed by atoms with Crippen molar-refractivity contribution in [2.75, 3.05) is 5.73 Å². The Kier molecular flexibility index (Phi) is 3.90. The van der Waals surface area contributed by atoms with Gasteiger partial charge in [0.15, 0.2) is 0 Å². The van der Waals surface area contributed by atoms with Crippen molar-refractivity contribution in [3.05, 3.63) is 89.7 Å². The van der Waals surface area contributed by atoms with Gasteiger partial charge in [0.1, 0.15) is 11.9 Å². The Labute approximate surface area is 128 Å². The van der Waals surface area contributed by atoms with Crippen molar-refractivity contribution in [3.63, 3.8) is 0 Å². The standard InChI is InChI=1S/C19H16FNO/c20-17-9-5-14(6-10-17)13-1-3-15(4-2-13)19(22)16-7-11-18(21)12-8-16/h1-12,19,22H,21H2. The highest BCUT2D eigenvalue weighted by Gasteiger charge is 2.10. The molecular formula is C19H16FNO. The number of aliphatic hydroxyl groups is 1. The van der Waals surface area contributed by atoms with Gasteiger partial charge in [-0.3, -0.25) is 0 Å². The zero-order valence-corrected chi connectivity index (χ0v) is 11.9. The molecule has 0 bridgehead atoms. The third kappa shape index (κ3) is 3.00. The van der Waals surface area contributed by atoms with Crippen molar-refractivity contribution >= 4 is 5.69 Å². The summed E-state index contributed by atoms with van der Waals surface area (Å²) >= 11 is 0. The first-order chi connectivity index (χ1) is 10.6. The zero-order chi connectivity index (χ0) is 15.5. The number of nitrogen functional groups attached to an aromatic ring is 1. The predicted molar refractivity (Wildman–Crippen MR) is 86.8 cm³/mol. The summed E-state index contributed by atoms with van der Waals surface area (Å²) < 4.78 is 12.9. The van der Waals surface area contributed by atoms with Gasteiger partial charge in [-0.1, -0.05) is 48.5 Å². The molecule has 3 aromatic carbocycles. The molecule has 0 aliphatic rings. The summed E-state index contributed by atoms with van der Waals surface area (Å²) in [4.78, 5) is 0. The van der Waals surface area contributed by atoms with Crippen LogP contribution in [0.2, 0.25) is 0 Å². The highest BCUT2D eigenvalue weighted by Crippen LogP contribution is 2.26. The molecule has 22 heavy (non-hydrogen) atoms. The zero-order valence-electron chi connectivity index (χ0n) is 11.9. The Bertz CT molecular complexity index is 749. The first-order valence-corrected chi connectivity index (χ1v) is 7.03. The normalized spacial score (nSPS) is 12.1. The van der Waals surface area contributed by atoms with Crippen LogP contribution in [0.3, 0.4) is 0 Å². The second-order valence-corrected chi connectivity index (χ2v) is 5.20. The molecule has 3 heteroatoms. The van der Waals surface area contributed by atoms with E-state index in [0.717, 1.165) is 22.3 Å². The predicted octanol–water partition coefficient (Wildman–Crippen LogP) is 4.16. The number of nitrogens with two attached hydrogens (primary N) is 1. The topological polar surface area (TPSA) is 46.2 Å². The van der Waals surface area contributed by atoms with Crippen LogP contribution in [-0.2, 0) is 0 Å². The van der Waals surface area contributed by atoms with Crippen LogP contribution >= 0.6 is 0 Å². The molecule has 3 aromatic rings. The highest BCUT2D eigenvalue weighted by atomic mass is 19.1. The Morgan fingerprint density at radius 3 is 1.59 bits per heavy atom. The van der Waals surface area contributed by atoms with Gasteiger partial charge in [0.2, 0.25) is 0 Å². The van der Waals surface area contributed by atoms with E-state index in [4.69, 9.17) is 5.73 Å². The molecule has 0 aliphatic carbocycles. The number of anilines is 1. The van der Waals surface area contributed by atoms with Gasteiger partial charge in [0, 0.05) is 5.69 Å². The molecule has 0 aliphatic heterocycles. The van der Waals surface area contributed by atoms with E-state index in [1.165, 1.54) is 12.1 Å². The summed E-state index contributed by atoms with van der Waals surface area (Å²) in [5, 5.41) is 10.4. The molecule has 0 heterocycles. The molecule has 2 nitrogen and oxygen atoms in total. The fraction of sp³-hybridized carbons (Fsp3) is 0.0526. The summed E-state index contributed by atoms with van der Waals surface area (Å²) in [5.41, 5.74) is 9.84. The fourth-order valence-corrected chi connectivity index (χ4v) is 2.37. The second-order valence-electron chi connectivity index (χ2n) is 5.20. The van der Waals surface area contributed by atoms with E-state index >= 15 is 0 Å². The van der Waals surface area contributed by atoms with Crippen molar-refractivity contribution in [2.45, 2.75) is 6.10 Å². The minimum Gasteiger partial charge on any atom is -0.399 e. The maximum absolute atomic E-state index is 12.9. The molecule has 0 saturated carbocycles. The number of rotatable bonds is 3. The van der Waals surface area contributed by atoms with Crippen LogP contribution < -0.4 is 5.73 Å². The molecule has 0 amide bonds. The molecule has 0 radical (unpaired) electrons. The van der Waals surface area contributed by atoms with Crippen molar-refractivity contribution in [2.24, 2.45) is 0 Å². The molecule has 1 unspecified atom stereocenters. The number of aliphatic hydroxyl groups excluding tert-OH is 1. The SMILES string of the molecule is Nc1ccc(C(O)c2ccc(-c3ccc(F)cc3)cc2)cc1. The maximum Gasteiger partial charge on any atom is 0.123 e. The lowest BCUT2D eigenvalue weighted by molar-refractivity contribution is 0.220. The summed E-state index contributed by atoms with van der Waals surface area (Å²) in [6.45, 7) is 0. The van der Waals surface area contributed by atoms with Crippen LogP contribution in [0.25, 0.3) is 11.1 Å². The van der Waals surface area contributed by atoms with Crippen LogP contribution in [0.4, 0.5) is 10.1 Å². The van der Waals surface area contributed by atoms with Gasteiger partial charge in [-0.2, -0.15) is 0 Å². The van der Waals surface area contributed by atoms with E-state index in [9.17, 15) is 9.50 Å². The summed E-state index contributed by atoms with van der Waals surface area (Å²) in [6, 6.07) is 21.1. The molecule has 0 spiro atoms. The van der Waals surface area contributed by atoms with Gasteiger partial charge in [0.05, 0.1) is 0 Å². The van der Waals surface area contributed by atoms with Crippen LogP contribution in [-0.4, -0.2) is 5.11 Å². The lowest BCUT2D eigenvalue weighted by Gasteiger charge is -2.12. The van der Waals surface area contributed by atoms with E-state index in [2.05, 4.69) is 0 Å².